The van der Waals surface area contributed by atoms with E-state index in [-0.39, 0.29) is 18.6 Å². The third-order valence-corrected chi connectivity index (χ3v) is 4.94. The summed E-state index contributed by atoms with van der Waals surface area (Å²) in [4.78, 5) is 9.57. The molecule has 0 spiro atoms. The number of rotatable bonds is 1. The van der Waals surface area contributed by atoms with Crippen molar-refractivity contribution in [3.8, 4) is 0 Å². The Hall–Kier alpha value is -0.376. The Morgan fingerprint density at radius 2 is 1.33 bits per heavy atom. The molecule has 3 nitrogen and oxygen atoms in total. The summed E-state index contributed by atoms with van der Waals surface area (Å²) in [6.07, 6.45) is 4.11. The zero-order chi connectivity index (χ0) is 12.0. The van der Waals surface area contributed by atoms with E-state index in [1.165, 1.54) is 44.5 Å². The summed E-state index contributed by atoms with van der Waals surface area (Å²) < 4.78 is 1.05. The van der Waals surface area contributed by atoms with Crippen molar-refractivity contribution >= 4 is 5.95 Å². The fourth-order valence-electron chi connectivity index (χ4n) is 3.32. The van der Waals surface area contributed by atoms with Gasteiger partial charge in [-0.25, -0.2) is 0 Å². The van der Waals surface area contributed by atoms with Crippen molar-refractivity contribution in [1.82, 2.24) is 14.5 Å². The predicted octanol–water partition coefficient (Wildman–Crippen LogP) is 2.52. The molecule has 4 rings (SSSR count). The smallest absolute Gasteiger partial charge is 0.257 e. The number of aromatic nitrogens is 2. The Kier molecular flexibility index (Phi) is 3.86. The van der Waals surface area contributed by atoms with E-state index in [0.29, 0.717) is 0 Å². The quantitative estimate of drug-likeness (QED) is 0.740. The molecule has 0 atom stereocenters. The zero-order valence-corrected chi connectivity index (χ0v) is 13.0. The van der Waals surface area contributed by atoms with E-state index in [1.54, 1.807) is 0 Å². The summed E-state index contributed by atoms with van der Waals surface area (Å²) >= 11 is 0. The van der Waals surface area contributed by atoms with Crippen LogP contribution >= 0.6 is 0 Å². The molecule has 0 N–H and O–H groups in total. The minimum atomic E-state index is 0. The molecule has 0 unspecified atom stereocenters. The van der Waals surface area contributed by atoms with Crippen LogP contribution in [0.25, 0.3) is 0 Å². The molecule has 3 fully saturated rings. The van der Waals surface area contributed by atoms with Crippen molar-refractivity contribution in [2.45, 2.75) is 40.0 Å². The van der Waals surface area contributed by atoms with Gasteiger partial charge >= 0.3 is 5.95 Å². The Labute approximate surface area is 121 Å². The van der Waals surface area contributed by atoms with Crippen LogP contribution in [0.4, 0.5) is 5.95 Å². The molecule has 1 radical (unpaired) electrons. The van der Waals surface area contributed by atoms with Gasteiger partial charge < -0.3 is 0 Å². The molecule has 1 aromatic heterocycles. The summed E-state index contributed by atoms with van der Waals surface area (Å²) in [5, 5.41) is 0. The minimum Gasteiger partial charge on any atom is -0.257 e. The maximum Gasteiger partial charge on any atom is 0.329 e. The van der Waals surface area contributed by atoms with E-state index in [9.17, 15) is 0 Å². The standard InChI is InChI=1S/C14H22N3.V/c1-10-11(2)15-14(16-12(10)3)17-7-4-13(5-8-17)6-9-17;/h13H,4-9H2,1-3H3;/q+1;. The first kappa shape index (κ1) is 14.0. The molecule has 0 saturated carbocycles. The number of hydrogen-bond donors (Lipinski definition) is 0. The average Bonchev–Trinajstić information content (AvgIpc) is 2.37. The van der Waals surface area contributed by atoms with Crippen LogP contribution in [0.3, 0.4) is 0 Å². The molecule has 3 saturated heterocycles. The molecule has 2 bridgehead atoms. The van der Waals surface area contributed by atoms with Crippen molar-refractivity contribution in [2.75, 3.05) is 19.6 Å². The van der Waals surface area contributed by atoms with Crippen molar-refractivity contribution in [3.63, 3.8) is 0 Å². The van der Waals surface area contributed by atoms with Crippen LogP contribution in [-0.4, -0.2) is 29.6 Å². The molecule has 18 heavy (non-hydrogen) atoms. The summed E-state index contributed by atoms with van der Waals surface area (Å²) in [5.74, 6) is 2.08. The molecule has 4 heteroatoms. The SMILES string of the molecule is Cc1nc([N+]23CCC(CC2)CC3)nc(C)c1C.[V]. The van der Waals surface area contributed by atoms with Crippen molar-refractivity contribution < 1.29 is 18.6 Å². The van der Waals surface area contributed by atoms with Crippen LogP contribution in [0.5, 0.6) is 0 Å². The number of piperidine rings is 3. The first-order valence-electron chi connectivity index (χ1n) is 6.79. The van der Waals surface area contributed by atoms with Crippen LogP contribution in [0.1, 0.15) is 36.2 Å². The van der Waals surface area contributed by atoms with E-state index >= 15 is 0 Å². The van der Waals surface area contributed by atoms with Crippen molar-refractivity contribution in [3.05, 3.63) is 17.0 Å². The number of aryl methyl sites for hydroxylation is 2. The molecule has 4 heterocycles. The van der Waals surface area contributed by atoms with Crippen LogP contribution in [0.15, 0.2) is 0 Å². The van der Waals surface area contributed by atoms with Gasteiger partial charge in [-0.2, -0.15) is 9.97 Å². The van der Waals surface area contributed by atoms with Gasteiger partial charge in [-0.15, -0.1) is 0 Å². The van der Waals surface area contributed by atoms with E-state index in [2.05, 4.69) is 20.8 Å². The summed E-state index contributed by atoms with van der Waals surface area (Å²) in [6, 6.07) is 0. The van der Waals surface area contributed by atoms with Crippen LogP contribution < -0.4 is 4.48 Å². The van der Waals surface area contributed by atoms with E-state index in [4.69, 9.17) is 9.97 Å². The topological polar surface area (TPSA) is 25.8 Å². The van der Waals surface area contributed by atoms with E-state index < -0.39 is 0 Å². The Morgan fingerprint density at radius 3 is 1.78 bits per heavy atom. The van der Waals surface area contributed by atoms with Gasteiger partial charge in [0, 0.05) is 49.2 Å². The molecule has 0 amide bonds. The van der Waals surface area contributed by atoms with Gasteiger partial charge in [0.1, 0.15) is 0 Å². The fourth-order valence-corrected chi connectivity index (χ4v) is 3.32. The van der Waals surface area contributed by atoms with E-state index in [0.717, 1.165) is 27.7 Å². The summed E-state index contributed by atoms with van der Waals surface area (Å²) in [7, 11) is 0. The third-order valence-electron chi connectivity index (χ3n) is 4.94. The molecule has 97 valence electrons. The zero-order valence-electron chi connectivity index (χ0n) is 11.6. The summed E-state index contributed by atoms with van der Waals surface area (Å²) in [6.45, 7) is 10.1. The molecular weight excluding hydrogens is 261 g/mol. The van der Waals surface area contributed by atoms with Crippen LogP contribution in [-0.2, 0) is 18.6 Å². The van der Waals surface area contributed by atoms with Crippen LogP contribution in [0.2, 0.25) is 0 Å². The normalized spacial score (nSPS) is 30.1. The Morgan fingerprint density at radius 1 is 0.889 bits per heavy atom. The van der Waals surface area contributed by atoms with Gasteiger partial charge in [-0.3, -0.25) is 4.48 Å². The fraction of sp³-hybridized carbons (Fsp3) is 0.714. The van der Waals surface area contributed by atoms with Gasteiger partial charge in [0.15, 0.2) is 0 Å². The van der Waals surface area contributed by atoms with Gasteiger partial charge in [0.2, 0.25) is 0 Å². The molecule has 3 aliphatic heterocycles. The molecule has 3 aliphatic rings. The van der Waals surface area contributed by atoms with E-state index in [1.807, 2.05) is 0 Å². The monoisotopic (exact) mass is 283 g/mol. The first-order chi connectivity index (χ1) is 8.11. The second kappa shape index (κ2) is 4.95. The number of nitrogens with zero attached hydrogens (tertiary/aromatic N) is 3. The Balaban J connectivity index is 0.00000120. The third kappa shape index (κ3) is 2.13. The average molecular weight is 283 g/mol. The summed E-state index contributed by atoms with van der Waals surface area (Å²) in [5.41, 5.74) is 3.57. The number of quaternary nitrogens is 1. The van der Waals surface area contributed by atoms with Crippen LogP contribution in [0, 0.1) is 26.7 Å². The Bertz CT molecular complexity index is 414. The molecule has 0 aliphatic carbocycles. The molecule has 0 aromatic carbocycles. The maximum absolute atomic E-state index is 4.79. The van der Waals surface area contributed by atoms with Gasteiger partial charge in [0.05, 0.1) is 19.6 Å². The van der Waals surface area contributed by atoms with Crippen molar-refractivity contribution in [1.29, 1.82) is 0 Å². The number of hydrogen-bond acceptors (Lipinski definition) is 2. The molecule has 1 aromatic rings. The predicted molar refractivity (Wildman–Crippen MR) is 70.0 cm³/mol. The first-order valence-corrected chi connectivity index (χ1v) is 6.79. The minimum absolute atomic E-state index is 0. The van der Waals surface area contributed by atoms with Gasteiger partial charge in [0.25, 0.3) is 0 Å². The molecular formula is C14H22N3V+. The second-order valence-corrected chi connectivity index (χ2v) is 5.87. The van der Waals surface area contributed by atoms with Crippen molar-refractivity contribution in [2.24, 2.45) is 5.92 Å². The maximum atomic E-state index is 4.79. The number of fused-ring (bicyclic) bond motifs is 3. The largest absolute Gasteiger partial charge is 0.329 e. The van der Waals surface area contributed by atoms with Gasteiger partial charge in [-0.05, 0) is 32.3 Å². The van der Waals surface area contributed by atoms with Gasteiger partial charge in [-0.1, -0.05) is 0 Å². The second-order valence-electron chi connectivity index (χ2n) is 5.87.